The van der Waals surface area contributed by atoms with Gasteiger partial charge in [0.05, 0.1) is 6.61 Å². The normalized spacial score (nSPS) is 12.3. The number of ether oxygens (including phenoxy) is 1. The number of hydrogen-bond acceptors (Lipinski definition) is 4. The van der Waals surface area contributed by atoms with E-state index in [9.17, 15) is 14.7 Å². The number of esters is 1. The van der Waals surface area contributed by atoms with Gasteiger partial charge in [0.1, 0.15) is 11.8 Å². The van der Waals surface area contributed by atoms with Gasteiger partial charge in [-0.15, -0.1) is 0 Å². The molecule has 1 rings (SSSR count). The number of carbonyl (C=O) groups is 2. The number of hydrogen-bond donors (Lipinski definition) is 2. The number of aromatic hydroxyl groups is 1. The molecule has 0 aromatic heterocycles. The van der Waals surface area contributed by atoms with E-state index in [0.717, 1.165) is 5.56 Å². The number of amides is 1. The van der Waals surface area contributed by atoms with Crippen LogP contribution < -0.4 is 5.32 Å². The average molecular weight is 307 g/mol. The molecule has 22 heavy (non-hydrogen) atoms. The lowest BCUT2D eigenvalue weighted by atomic mass is 10.0. The second kappa shape index (κ2) is 8.41. The molecule has 1 aromatic carbocycles. The van der Waals surface area contributed by atoms with Crippen molar-refractivity contribution in [2.45, 2.75) is 40.2 Å². The van der Waals surface area contributed by atoms with Gasteiger partial charge in [-0.3, -0.25) is 4.79 Å². The van der Waals surface area contributed by atoms with Crippen molar-refractivity contribution in [3.63, 3.8) is 0 Å². The lowest BCUT2D eigenvalue weighted by Gasteiger charge is -2.19. The molecule has 5 nitrogen and oxygen atoms in total. The van der Waals surface area contributed by atoms with Gasteiger partial charge in [0.15, 0.2) is 0 Å². The van der Waals surface area contributed by atoms with Gasteiger partial charge in [-0.1, -0.05) is 39.8 Å². The van der Waals surface area contributed by atoms with Crippen LogP contribution in [0.15, 0.2) is 24.3 Å². The molecule has 0 bridgehead atoms. The number of phenolic OH excluding ortho intramolecular Hbond substituents is 1. The van der Waals surface area contributed by atoms with Crippen LogP contribution in [0.3, 0.4) is 0 Å². The molecule has 0 heterocycles. The zero-order valence-corrected chi connectivity index (χ0v) is 13.6. The second-order valence-electron chi connectivity index (χ2n) is 6.11. The minimum atomic E-state index is -0.724. The smallest absolute Gasteiger partial charge is 0.328 e. The molecule has 0 aliphatic carbocycles. The number of carbonyl (C=O) groups excluding carboxylic acids is 2. The van der Waals surface area contributed by atoms with E-state index in [0.29, 0.717) is 13.0 Å². The number of benzene rings is 1. The monoisotopic (exact) mass is 307 g/mol. The van der Waals surface area contributed by atoms with E-state index >= 15 is 0 Å². The highest BCUT2D eigenvalue weighted by molar-refractivity contribution is 5.85. The van der Waals surface area contributed by atoms with Crippen molar-refractivity contribution in [3.05, 3.63) is 29.8 Å². The Morgan fingerprint density at radius 3 is 2.23 bits per heavy atom. The van der Waals surface area contributed by atoms with Crippen LogP contribution in [-0.4, -0.2) is 29.6 Å². The van der Waals surface area contributed by atoms with Gasteiger partial charge in [-0.05, 0) is 23.6 Å². The number of nitrogens with one attached hydrogen (secondary N) is 1. The van der Waals surface area contributed by atoms with Crippen molar-refractivity contribution in [1.29, 1.82) is 0 Å². The fourth-order valence-electron chi connectivity index (χ4n) is 1.75. The fourth-order valence-corrected chi connectivity index (χ4v) is 1.75. The Balaban J connectivity index is 2.78. The van der Waals surface area contributed by atoms with Gasteiger partial charge in [0.25, 0.3) is 0 Å². The molecular formula is C17H25NO4. The molecule has 2 N–H and O–H groups in total. The quantitative estimate of drug-likeness (QED) is 0.758. The first-order valence-electron chi connectivity index (χ1n) is 7.54. The third-order valence-electron chi connectivity index (χ3n) is 3.06. The zero-order chi connectivity index (χ0) is 16.7. The highest BCUT2D eigenvalue weighted by Crippen LogP contribution is 2.12. The molecule has 1 aromatic rings. The van der Waals surface area contributed by atoms with Crippen LogP contribution in [0.5, 0.6) is 5.75 Å². The van der Waals surface area contributed by atoms with Gasteiger partial charge in [0, 0.05) is 12.3 Å². The highest BCUT2D eigenvalue weighted by atomic mass is 16.5. The van der Waals surface area contributed by atoms with Crippen LogP contribution in [-0.2, 0) is 20.7 Å². The molecule has 5 heteroatoms. The summed E-state index contributed by atoms with van der Waals surface area (Å²) in [4.78, 5) is 24.1. The molecule has 0 spiro atoms. The lowest BCUT2D eigenvalue weighted by molar-refractivity contribution is -0.149. The summed E-state index contributed by atoms with van der Waals surface area (Å²) in [5, 5.41) is 12.0. The Kier molecular flexibility index (Phi) is 6.89. The molecule has 0 fully saturated rings. The maximum absolute atomic E-state index is 12.2. The summed E-state index contributed by atoms with van der Waals surface area (Å²) in [7, 11) is 0. The average Bonchev–Trinajstić information content (AvgIpc) is 2.46. The minimum Gasteiger partial charge on any atom is -0.508 e. The van der Waals surface area contributed by atoms with Gasteiger partial charge < -0.3 is 15.2 Å². The Hall–Kier alpha value is -2.04. The first-order chi connectivity index (χ1) is 10.3. The largest absolute Gasteiger partial charge is 0.508 e. The maximum atomic E-state index is 12.2. The molecule has 0 radical (unpaired) electrons. The summed E-state index contributed by atoms with van der Waals surface area (Å²) in [6.45, 7) is 7.77. The van der Waals surface area contributed by atoms with Gasteiger partial charge >= 0.3 is 5.97 Å². The molecule has 122 valence electrons. The Labute approximate surface area is 131 Å². The Morgan fingerprint density at radius 2 is 1.73 bits per heavy atom. The van der Waals surface area contributed by atoms with E-state index in [4.69, 9.17) is 4.74 Å². The van der Waals surface area contributed by atoms with Crippen LogP contribution in [0, 0.1) is 11.8 Å². The van der Waals surface area contributed by atoms with Gasteiger partial charge in [0.2, 0.25) is 5.91 Å². The van der Waals surface area contributed by atoms with Crippen LogP contribution in [0.4, 0.5) is 0 Å². The summed E-state index contributed by atoms with van der Waals surface area (Å²) in [5.41, 5.74) is 0.841. The first kappa shape index (κ1) is 18.0. The molecule has 0 aliphatic heterocycles. The van der Waals surface area contributed by atoms with E-state index in [2.05, 4.69) is 5.32 Å². The molecule has 1 amide bonds. The van der Waals surface area contributed by atoms with Crippen molar-refractivity contribution in [2.75, 3.05) is 6.61 Å². The third kappa shape index (κ3) is 6.16. The lowest BCUT2D eigenvalue weighted by Crippen LogP contribution is -2.45. The second-order valence-corrected chi connectivity index (χ2v) is 6.11. The highest BCUT2D eigenvalue weighted by Gasteiger charge is 2.24. The topological polar surface area (TPSA) is 75.6 Å². The molecule has 0 aliphatic rings. The third-order valence-corrected chi connectivity index (χ3v) is 3.06. The summed E-state index contributed by atoms with van der Waals surface area (Å²) in [6, 6.07) is 5.82. The maximum Gasteiger partial charge on any atom is 0.328 e. The molecule has 1 unspecified atom stereocenters. The van der Waals surface area contributed by atoms with E-state index in [-0.39, 0.29) is 23.5 Å². The van der Waals surface area contributed by atoms with Crippen molar-refractivity contribution < 1.29 is 19.4 Å². The van der Waals surface area contributed by atoms with Crippen LogP contribution >= 0.6 is 0 Å². The summed E-state index contributed by atoms with van der Waals surface area (Å²) >= 11 is 0. The predicted octanol–water partition coefficient (Wildman–Crippen LogP) is 2.27. The zero-order valence-electron chi connectivity index (χ0n) is 13.6. The minimum absolute atomic E-state index is 0.161. The first-order valence-corrected chi connectivity index (χ1v) is 7.54. The van der Waals surface area contributed by atoms with Crippen molar-refractivity contribution >= 4 is 11.9 Å². The summed E-state index contributed by atoms with van der Waals surface area (Å²) < 4.78 is 5.24. The van der Waals surface area contributed by atoms with E-state index < -0.39 is 12.0 Å². The molecular weight excluding hydrogens is 282 g/mol. The van der Waals surface area contributed by atoms with Crippen molar-refractivity contribution in [3.8, 4) is 5.75 Å². The van der Waals surface area contributed by atoms with Gasteiger partial charge in [-0.2, -0.15) is 0 Å². The van der Waals surface area contributed by atoms with Crippen molar-refractivity contribution in [2.24, 2.45) is 11.8 Å². The Bertz CT molecular complexity index is 494. The SMILES string of the molecule is CC(C)COC(=O)C(Cc1ccc(O)cc1)NC(=O)C(C)C. The van der Waals surface area contributed by atoms with E-state index in [1.54, 1.807) is 38.1 Å². The fraction of sp³-hybridized carbons (Fsp3) is 0.529. The molecule has 1 atom stereocenters. The standard InChI is InChI=1S/C17H25NO4/c1-11(2)10-22-17(21)15(18-16(20)12(3)4)9-13-5-7-14(19)8-6-13/h5-8,11-12,15,19H,9-10H2,1-4H3,(H,18,20). The molecule has 0 saturated heterocycles. The van der Waals surface area contributed by atoms with Crippen LogP contribution in [0.25, 0.3) is 0 Å². The number of rotatable bonds is 7. The van der Waals surface area contributed by atoms with Crippen LogP contribution in [0.1, 0.15) is 33.3 Å². The Morgan fingerprint density at radius 1 is 1.14 bits per heavy atom. The summed E-state index contributed by atoms with van der Waals surface area (Å²) in [6.07, 6.45) is 0.329. The van der Waals surface area contributed by atoms with E-state index in [1.807, 2.05) is 13.8 Å². The van der Waals surface area contributed by atoms with E-state index in [1.165, 1.54) is 0 Å². The summed E-state index contributed by atoms with van der Waals surface area (Å²) in [5.74, 6) is -0.436. The molecule has 0 saturated carbocycles. The van der Waals surface area contributed by atoms with Gasteiger partial charge in [-0.25, -0.2) is 4.79 Å². The number of phenols is 1. The van der Waals surface area contributed by atoms with Crippen molar-refractivity contribution in [1.82, 2.24) is 5.32 Å². The predicted molar refractivity (Wildman–Crippen MR) is 84.4 cm³/mol. The van der Waals surface area contributed by atoms with Crippen LogP contribution in [0.2, 0.25) is 0 Å².